The lowest BCUT2D eigenvalue weighted by atomic mass is 9.88. The van der Waals surface area contributed by atoms with Gasteiger partial charge in [-0.05, 0) is 56.0 Å². The maximum atomic E-state index is 12.2. The van der Waals surface area contributed by atoms with Crippen molar-refractivity contribution in [3.63, 3.8) is 0 Å². The summed E-state index contributed by atoms with van der Waals surface area (Å²) in [5.41, 5.74) is 3.29. The molecule has 0 bridgehead atoms. The molecule has 2 fully saturated rings. The fourth-order valence-corrected chi connectivity index (χ4v) is 4.47. The monoisotopic (exact) mass is 402 g/mol. The Balaban J connectivity index is 1.40. The molecule has 0 radical (unpaired) electrons. The van der Waals surface area contributed by atoms with Gasteiger partial charge in [-0.3, -0.25) is 0 Å². The van der Waals surface area contributed by atoms with E-state index in [2.05, 4.69) is 53.3 Å². The number of carbonyl (C=O) groups excluding carboxylic acids is 1. The van der Waals surface area contributed by atoms with E-state index in [0.29, 0.717) is 25.2 Å². The van der Waals surface area contributed by atoms with Gasteiger partial charge in [-0.15, -0.1) is 0 Å². The number of nitrogens with zero attached hydrogens (tertiary/aromatic N) is 2. The number of hydrogen-bond donors (Lipinski definition) is 2. The molecule has 0 spiro atoms. The molecule has 1 heterocycles. The second-order valence-corrected chi connectivity index (χ2v) is 8.47. The highest BCUT2D eigenvalue weighted by Gasteiger charge is 2.21. The van der Waals surface area contributed by atoms with E-state index < -0.39 is 0 Å². The molecule has 1 aromatic carbocycles. The number of carbonyl (C=O) groups is 1. The number of piperazine rings is 1. The predicted octanol–water partition coefficient (Wildman–Crippen LogP) is 3.85. The SMILES string of the molecule is CCN1CCN(c2ccc(NC(=O)NCCOC3CCCCC3C)cc2C)CC1. The molecule has 1 saturated heterocycles. The van der Waals surface area contributed by atoms with E-state index in [0.717, 1.165) is 44.8 Å². The van der Waals surface area contributed by atoms with Crippen molar-refractivity contribution in [2.45, 2.75) is 52.6 Å². The number of urea groups is 1. The molecule has 2 unspecified atom stereocenters. The van der Waals surface area contributed by atoms with Crippen LogP contribution in [0.2, 0.25) is 0 Å². The van der Waals surface area contributed by atoms with E-state index in [4.69, 9.17) is 4.74 Å². The molecule has 162 valence electrons. The first-order valence-electron chi connectivity index (χ1n) is 11.3. The number of rotatable bonds is 7. The van der Waals surface area contributed by atoms with Crippen LogP contribution in [0.15, 0.2) is 18.2 Å². The van der Waals surface area contributed by atoms with E-state index in [1.807, 2.05) is 6.07 Å². The van der Waals surface area contributed by atoms with Crippen molar-refractivity contribution in [1.82, 2.24) is 10.2 Å². The van der Waals surface area contributed by atoms with Gasteiger partial charge < -0.3 is 25.2 Å². The third-order valence-electron chi connectivity index (χ3n) is 6.37. The molecule has 2 aliphatic rings. The number of benzene rings is 1. The summed E-state index contributed by atoms with van der Waals surface area (Å²) in [6.07, 6.45) is 5.32. The van der Waals surface area contributed by atoms with E-state index in [9.17, 15) is 4.79 Å². The third kappa shape index (κ3) is 6.34. The molecule has 0 aromatic heterocycles. The molecule has 2 atom stereocenters. The Hall–Kier alpha value is -1.79. The first-order valence-corrected chi connectivity index (χ1v) is 11.3. The van der Waals surface area contributed by atoms with Gasteiger partial charge in [0.05, 0.1) is 12.7 Å². The summed E-state index contributed by atoms with van der Waals surface area (Å²) in [6.45, 7) is 13.2. The van der Waals surface area contributed by atoms with Gasteiger partial charge in [-0.25, -0.2) is 4.79 Å². The van der Waals surface area contributed by atoms with Gasteiger partial charge in [0.15, 0.2) is 0 Å². The molecule has 6 nitrogen and oxygen atoms in total. The lowest BCUT2D eigenvalue weighted by molar-refractivity contribution is -0.00232. The number of nitrogens with one attached hydrogen (secondary N) is 2. The standard InChI is InChI=1S/C23H38N4O2/c1-4-26-12-14-27(15-13-26)21-10-9-20(17-19(21)3)25-23(28)24-11-16-29-22-8-6-5-7-18(22)2/h9-10,17-18,22H,4-8,11-16H2,1-3H3,(H2,24,25,28). The van der Waals surface area contributed by atoms with Gasteiger partial charge in [0.1, 0.15) is 0 Å². The zero-order valence-electron chi connectivity index (χ0n) is 18.4. The number of hydrogen-bond acceptors (Lipinski definition) is 4. The summed E-state index contributed by atoms with van der Waals surface area (Å²) in [7, 11) is 0. The highest BCUT2D eigenvalue weighted by atomic mass is 16.5. The lowest BCUT2D eigenvalue weighted by Crippen LogP contribution is -2.46. The Morgan fingerprint density at radius 1 is 1.17 bits per heavy atom. The van der Waals surface area contributed by atoms with Crippen LogP contribution in [-0.4, -0.2) is 62.9 Å². The van der Waals surface area contributed by atoms with Crippen LogP contribution in [0.1, 0.15) is 45.1 Å². The molecular weight excluding hydrogens is 364 g/mol. The van der Waals surface area contributed by atoms with Gasteiger partial charge in [-0.1, -0.05) is 26.7 Å². The second kappa shape index (κ2) is 10.8. The first kappa shape index (κ1) is 21.9. The van der Waals surface area contributed by atoms with Gasteiger partial charge in [0, 0.05) is 44.1 Å². The van der Waals surface area contributed by atoms with Crippen LogP contribution in [-0.2, 0) is 4.74 Å². The Morgan fingerprint density at radius 2 is 1.93 bits per heavy atom. The molecule has 1 aromatic rings. The van der Waals surface area contributed by atoms with Crippen molar-refractivity contribution in [2.24, 2.45) is 5.92 Å². The van der Waals surface area contributed by atoms with Crippen molar-refractivity contribution >= 4 is 17.4 Å². The van der Waals surface area contributed by atoms with Gasteiger partial charge in [0.2, 0.25) is 0 Å². The summed E-state index contributed by atoms with van der Waals surface area (Å²) < 4.78 is 5.96. The van der Waals surface area contributed by atoms with Crippen LogP contribution in [0.3, 0.4) is 0 Å². The van der Waals surface area contributed by atoms with Crippen molar-refractivity contribution in [2.75, 3.05) is 56.1 Å². The number of amides is 2. The average molecular weight is 403 g/mol. The van der Waals surface area contributed by atoms with Crippen LogP contribution in [0.4, 0.5) is 16.2 Å². The predicted molar refractivity (Wildman–Crippen MR) is 120 cm³/mol. The number of likely N-dealkylation sites (N-methyl/N-ethyl adjacent to an activating group) is 1. The molecule has 29 heavy (non-hydrogen) atoms. The van der Waals surface area contributed by atoms with E-state index in [1.165, 1.54) is 30.5 Å². The highest BCUT2D eigenvalue weighted by molar-refractivity contribution is 5.89. The minimum absolute atomic E-state index is 0.172. The van der Waals surface area contributed by atoms with Crippen molar-refractivity contribution < 1.29 is 9.53 Å². The second-order valence-electron chi connectivity index (χ2n) is 8.47. The summed E-state index contributed by atoms with van der Waals surface area (Å²) >= 11 is 0. The van der Waals surface area contributed by atoms with Crippen molar-refractivity contribution in [3.8, 4) is 0 Å². The van der Waals surface area contributed by atoms with Crippen LogP contribution in [0.5, 0.6) is 0 Å². The maximum Gasteiger partial charge on any atom is 0.319 e. The van der Waals surface area contributed by atoms with E-state index >= 15 is 0 Å². The fraction of sp³-hybridized carbons (Fsp3) is 0.696. The quantitative estimate of drug-likeness (QED) is 0.680. The Labute approximate surface area is 176 Å². The molecule has 1 saturated carbocycles. The van der Waals surface area contributed by atoms with Gasteiger partial charge >= 0.3 is 6.03 Å². The average Bonchev–Trinajstić information content (AvgIpc) is 2.73. The zero-order valence-corrected chi connectivity index (χ0v) is 18.4. The number of aryl methyl sites for hydroxylation is 1. The normalized spacial score (nSPS) is 23.1. The van der Waals surface area contributed by atoms with Crippen LogP contribution in [0.25, 0.3) is 0 Å². The Kier molecular flexibility index (Phi) is 8.19. The lowest BCUT2D eigenvalue weighted by Gasteiger charge is -2.36. The van der Waals surface area contributed by atoms with Crippen molar-refractivity contribution in [1.29, 1.82) is 0 Å². The highest BCUT2D eigenvalue weighted by Crippen LogP contribution is 2.26. The maximum absolute atomic E-state index is 12.2. The fourth-order valence-electron chi connectivity index (χ4n) is 4.47. The summed E-state index contributed by atoms with van der Waals surface area (Å²) in [5.74, 6) is 0.629. The molecule has 1 aliphatic heterocycles. The largest absolute Gasteiger partial charge is 0.376 e. The summed E-state index contributed by atoms with van der Waals surface area (Å²) in [6, 6.07) is 6.00. The minimum Gasteiger partial charge on any atom is -0.376 e. The molecular formula is C23H38N4O2. The Bertz CT molecular complexity index is 658. The topological polar surface area (TPSA) is 56.8 Å². The molecule has 6 heteroatoms. The van der Waals surface area contributed by atoms with Gasteiger partial charge in [0.25, 0.3) is 0 Å². The van der Waals surface area contributed by atoms with Crippen molar-refractivity contribution in [3.05, 3.63) is 23.8 Å². The van der Waals surface area contributed by atoms with Crippen LogP contribution < -0.4 is 15.5 Å². The van der Waals surface area contributed by atoms with E-state index in [-0.39, 0.29) is 6.03 Å². The smallest absolute Gasteiger partial charge is 0.319 e. The first-order chi connectivity index (χ1) is 14.1. The summed E-state index contributed by atoms with van der Waals surface area (Å²) in [4.78, 5) is 17.1. The summed E-state index contributed by atoms with van der Waals surface area (Å²) in [5, 5.41) is 5.85. The minimum atomic E-state index is -0.172. The number of anilines is 2. The molecule has 2 amide bonds. The van der Waals surface area contributed by atoms with Crippen LogP contribution >= 0.6 is 0 Å². The van der Waals surface area contributed by atoms with Crippen LogP contribution in [0, 0.1) is 12.8 Å². The molecule has 2 N–H and O–H groups in total. The zero-order chi connectivity index (χ0) is 20.6. The molecule has 1 aliphatic carbocycles. The third-order valence-corrected chi connectivity index (χ3v) is 6.37. The van der Waals surface area contributed by atoms with Gasteiger partial charge in [-0.2, -0.15) is 0 Å². The Morgan fingerprint density at radius 3 is 2.62 bits per heavy atom. The van der Waals surface area contributed by atoms with E-state index in [1.54, 1.807) is 0 Å². The molecule has 3 rings (SSSR count). The number of ether oxygens (including phenoxy) is 1.